The number of benzene rings is 1. The number of rotatable bonds is 5. The second-order valence-corrected chi connectivity index (χ2v) is 6.02. The van der Waals surface area contributed by atoms with Crippen LogP contribution in [0.4, 0.5) is 4.39 Å². The van der Waals surface area contributed by atoms with Crippen LogP contribution in [0.2, 0.25) is 0 Å². The van der Waals surface area contributed by atoms with E-state index >= 15 is 0 Å². The Morgan fingerprint density at radius 1 is 1.43 bits per heavy atom. The number of thiol groups is 1. The lowest BCUT2D eigenvalue weighted by Crippen LogP contribution is -2.35. The van der Waals surface area contributed by atoms with Gasteiger partial charge in [0.2, 0.25) is 0 Å². The number of fused-ring (bicyclic) bond motifs is 1. The van der Waals surface area contributed by atoms with Crippen molar-refractivity contribution < 1.29 is 18.4 Å². The van der Waals surface area contributed by atoms with Gasteiger partial charge in [0, 0.05) is 23.9 Å². The molecule has 0 N–H and O–H groups in total. The van der Waals surface area contributed by atoms with Gasteiger partial charge in [-0.05, 0) is 38.1 Å². The van der Waals surface area contributed by atoms with Crippen LogP contribution in [0.1, 0.15) is 24.5 Å². The van der Waals surface area contributed by atoms with Gasteiger partial charge in [-0.2, -0.15) is 12.6 Å². The molecule has 1 aliphatic heterocycles. The number of nitrogens with zero attached hydrogens (tertiary/aromatic N) is 2. The zero-order valence-corrected chi connectivity index (χ0v) is 13.6. The molecule has 23 heavy (non-hydrogen) atoms. The molecule has 1 aromatic heterocycles. The Hall–Kier alpha value is -1.60. The molecule has 0 atom stereocenters. The highest BCUT2D eigenvalue weighted by Crippen LogP contribution is 2.32. The number of carbonyl (C=O) groups excluding carboxylic acids is 1. The second kappa shape index (κ2) is 7.31. The van der Waals surface area contributed by atoms with E-state index in [1.165, 1.54) is 12.1 Å². The van der Waals surface area contributed by atoms with Gasteiger partial charge >= 0.3 is 5.97 Å². The van der Waals surface area contributed by atoms with Crippen molar-refractivity contribution in [2.75, 3.05) is 32.0 Å². The van der Waals surface area contributed by atoms with Gasteiger partial charge in [0.25, 0.3) is 0 Å². The van der Waals surface area contributed by atoms with Gasteiger partial charge in [-0.3, -0.25) is 9.69 Å². The summed E-state index contributed by atoms with van der Waals surface area (Å²) in [5, 5.41) is 5.04. The van der Waals surface area contributed by atoms with Crippen LogP contribution in [0.25, 0.3) is 11.0 Å². The summed E-state index contributed by atoms with van der Waals surface area (Å²) in [4.78, 5) is 13.3. The van der Waals surface area contributed by atoms with E-state index in [0.29, 0.717) is 18.1 Å². The molecule has 0 saturated carbocycles. The molecular formula is C16H19FN2O3S. The first kappa shape index (κ1) is 16.3. The van der Waals surface area contributed by atoms with Gasteiger partial charge in [-0.25, -0.2) is 4.39 Å². The summed E-state index contributed by atoms with van der Waals surface area (Å²) >= 11 is 3.87. The minimum absolute atomic E-state index is 0.113. The third-order valence-electron chi connectivity index (χ3n) is 4.24. The number of piperidine rings is 1. The maximum Gasteiger partial charge on any atom is 0.315 e. The maximum atomic E-state index is 13.2. The zero-order valence-electron chi connectivity index (χ0n) is 12.7. The minimum atomic E-state index is -0.314. The van der Waals surface area contributed by atoms with E-state index < -0.39 is 0 Å². The Morgan fingerprint density at radius 2 is 2.22 bits per heavy atom. The van der Waals surface area contributed by atoms with Gasteiger partial charge in [0.15, 0.2) is 5.58 Å². The molecule has 1 saturated heterocycles. The molecule has 1 fully saturated rings. The van der Waals surface area contributed by atoms with Crippen molar-refractivity contribution in [3.8, 4) is 0 Å². The highest BCUT2D eigenvalue weighted by atomic mass is 32.1. The number of halogens is 1. The molecule has 2 aromatic rings. The third kappa shape index (κ3) is 3.84. The monoisotopic (exact) mass is 338 g/mol. The molecule has 0 amide bonds. The highest BCUT2D eigenvalue weighted by molar-refractivity contribution is 7.81. The molecule has 2 heterocycles. The molecule has 0 unspecified atom stereocenters. The lowest BCUT2D eigenvalue weighted by atomic mass is 9.91. The van der Waals surface area contributed by atoms with Gasteiger partial charge in [0.1, 0.15) is 12.4 Å². The van der Waals surface area contributed by atoms with Crippen molar-refractivity contribution in [3.05, 3.63) is 29.7 Å². The summed E-state index contributed by atoms with van der Waals surface area (Å²) in [6, 6.07) is 4.55. The fourth-order valence-corrected chi connectivity index (χ4v) is 3.08. The summed E-state index contributed by atoms with van der Waals surface area (Å²) in [6.07, 6.45) is 1.92. The average molecular weight is 338 g/mol. The van der Waals surface area contributed by atoms with Gasteiger partial charge in [-0.15, -0.1) is 0 Å². The maximum absolute atomic E-state index is 13.2. The smallest absolute Gasteiger partial charge is 0.315 e. The van der Waals surface area contributed by atoms with Crippen LogP contribution in [0, 0.1) is 5.82 Å². The molecule has 0 aliphatic carbocycles. The van der Waals surface area contributed by atoms with Crippen LogP contribution in [-0.2, 0) is 9.53 Å². The molecule has 7 heteroatoms. The van der Waals surface area contributed by atoms with Crippen molar-refractivity contribution in [3.63, 3.8) is 0 Å². The summed E-state index contributed by atoms with van der Waals surface area (Å²) in [5.41, 5.74) is 1.42. The van der Waals surface area contributed by atoms with Crippen LogP contribution < -0.4 is 0 Å². The van der Waals surface area contributed by atoms with Crippen LogP contribution in [-0.4, -0.2) is 48.0 Å². The Bertz CT molecular complexity index is 683. The number of hydrogen-bond donors (Lipinski definition) is 1. The molecule has 0 spiro atoms. The highest BCUT2D eigenvalue weighted by Gasteiger charge is 2.25. The number of hydrogen-bond acceptors (Lipinski definition) is 6. The molecule has 3 rings (SSSR count). The van der Waals surface area contributed by atoms with E-state index in [4.69, 9.17) is 9.26 Å². The lowest BCUT2D eigenvalue weighted by Gasteiger charge is -2.30. The normalized spacial score (nSPS) is 16.8. The number of esters is 1. The standard InChI is InChI=1S/C16H19FN2O3S/c17-12-1-2-13-14(9-12)22-18-16(13)11-3-5-19(6-4-11)7-8-21-15(20)10-23/h1-2,9,11,23H,3-8,10H2. The van der Waals surface area contributed by atoms with Crippen LogP contribution in [0.3, 0.4) is 0 Å². The number of aromatic nitrogens is 1. The lowest BCUT2D eigenvalue weighted by molar-refractivity contribution is -0.140. The zero-order chi connectivity index (χ0) is 16.2. The van der Waals surface area contributed by atoms with E-state index in [2.05, 4.69) is 22.7 Å². The predicted octanol–water partition coefficient (Wildman–Crippen LogP) is 2.62. The molecular weight excluding hydrogens is 319 g/mol. The number of likely N-dealkylation sites (tertiary alicyclic amines) is 1. The first-order chi connectivity index (χ1) is 11.2. The predicted molar refractivity (Wildman–Crippen MR) is 87.2 cm³/mol. The van der Waals surface area contributed by atoms with Crippen molar-refractivity contribution in [2.45, 2.75) is 18.8 Å². The fraction of sp³-hybridized carbons (Fsp3) is 0.500. The SMILES string of the molecule is O=C(CS)OCCN1CCC(c2noc3cc(F)ccc23)CC1. The van der Waals surface area contributed by atoms with Crippen molar-refractivity contribution in [1.29, 1.82) is 0 Å². The van der Waals surface area contributed by atoms with E-state index in [1.807, 2.05) is 0 Å². The topological polar surface area (TPSA) is 55.6 Å². The van der Waals surface area contributed by atoms with Crippen LogP contribution >= 0.6 is 12.6 Å². The van der Waals surface area contributed by atoms with E-state index in [1.54, 1.807) is 6.07 Å². The Morgan fingerprint density at radius 3 is 2.96 bits per heavy atom. The quantitative estimate of drug-likeness (QED) is 0.671. The van der Waals surface area contributed by atoms with E-state index in [-0.39, 0.29) is 17.5 Å². The van der Waals surface area contributed by atoms with Gasteiger partial charge in [0.05, 0.1) is 11.4 Å². The van der Waals surface area contributed by atoms with Crippen molar-refractivity contribution >= 4 is 29.6 Å². The number of carbonyl (C=O) groups is 1. The van der Waals surface area contributed by atoms with E-state index in [0.717, 1.165) is 43.6 Å². The van der Waals surface area contributed by atoms with Gasteiger partial charge in [-0.1, -0.05) is 5.16 Å². The largest absolute Gasteiger partial charge is 0.464 e. The van der Waals surface area contributed by atoms with E-state index in [9.17, 15) is 9.18 Å². The van der Waals surface area contributed by atoms with Crippen LogP contribution in [0.15, 0.2) is 22.7 Å². The molecule has 124 valence electrons. The fourth-order valence-electron chi connectivity index (χ4n) is 2.99. The Kier molecular flexibility index (Phi) is 5.17. The Balaban J connectivity index is 1.55. The van der Waals surface area contributed by atoms with Crippen LogP contribution in [0.5, 0.6) is 0 Å². The third-order valence-corrected chi connectivity index (χ3v) is 4.49. The second-order valence-electron chi connectivity index (χ2n) is 5.70. The average Bonchev–Trinajstić information content (AvgIpc) is 2.98. The molecule has 1 aliphatic rings. The van der Waals surface area contributed by atoms with Crippen molar-refractivity contribution in [1.82, 2.24) is 10.1 Å². The minimum Gasteiger partial charge on any atom is -0.464 e. The summed E-state index contributed by atoms with van der Waals surface area (Å²) in [7, 11) is 0. The summed E-state index contributed by atoms with van der Waals surface area (Å²) in [6.45, 7) is 2.96. The summed E-state index contributed by atoms with van der Waals surface area (Å²) in [5.74, 6) is -0.171. The summed E-state index contributed by atoms with van der Waals surface area (Å²) < 4.78 is 23.5. The van der Waals surface area contributed by atoms with Crippen molar-refractivity contribution in [2.24, 2.45) is 0 Å². The molecule has 0 bridgehead atoms. The molecule has 1 aromatic carbocycles. The van der Waals surface area contributed by atoms with Gasteiger partial charge < -0.3 is 9.26 Å². The first-order valence-electron chi connectivity index (χ1n) is 7.71. The molecule has 5 nitrogen and oxygen atoms in total. The Labute approximate surface area is 139 Å². The first-order valence-corrected chi connectivity index (χ1v) is 8.34. The number of ether oxygens (including phenoxy) is 1. The molecule has 0 radical (unpaired) electrons.